The minimum absolute atomic E-state index is 0.0949. The number of rotatable bonds is 48. The first-order valence-electron chi connectivity index (χ1n) is 25.0. The summed E-state index contributed by atoms with van der Waals surface area (Å²) in [5, 5.41) is 0. The average molecular weight is 854 g/mol. The fraction of sp³-hybridized carbons (Fsp3) is 0.860. The number of phosphoric ester groups is 1. The third kappa shape index (κ3) is 47.6. The monoisotopic (exact) mass is 854 g/mol. The summed E-state index contributed by atoms with van der Waals surface area (Å²) in [6.07, 6.45) is 56.0. The highest BCUT2D eigenvalue weighted by atomic mass is 31.2. The Morgan fingerprint density at radius 3 is 1.34 bits per heavy atom. The number of hydrogen-bond acceptors (Lipinski definition) is 7. The van der Waals surface area contributed by atoms with Gasteiger partial charge in [0.05, 0.1) is 19.8 Å². The number of ether oxygens (including phenoxy) is 2. The van der Waals surface area contributed by atoms with Gasteiger partial charge in [-0.05, 0) is 51.4 Å². The Hall–Kier alpha value is -1.28. The molecule has 0 amide bonds. The van der Waals surface area contributed by atoms with Gasteiger partial charge in [-0.25, -0.2) is 4.57 Å². The standard InChI is InChI=1S/C50H96NO7P/c1-3-5-7-9-11-13-15-17-19-20-21-22-23-24-25-26-27-28-29-31-33-35-37-39-41-43-50(52)58-49(48-57-59(53,54)56-46-44-51)47-55-45-42-40-38-36-34-32-30-18-16-14-12-10-8-6-4-2/h15,17,20-21,23-24,49H,3-14,16,18-19,22,25-48,51H2,1-2H3,(H,53,54)/b17-15-,21-20-,24-23-. The summed E-state index contributed by atoms with van der Waals surface area (Å²) >= 11 is 0. The van der Waals surface area contributed by atoms with Crippen molar-refractivity contribution >= 4 is 13.8 Å². The Kier molecular flexibility index (Phi) is 46.7. The van der Waals surface area contributed by atoms with Crippen LogP contribution < -0.4 is 5.73 Å². The van der Waals surface area contributed by atoms with Crippen LogP contribution in [-0.4, -0.2) is 49.9 Å². The summed E-state index contributed by atoms with van der Waals surface area (Å²) in [6.45, 7) is 4.95. The van der Waals surface area contributed by atoms with Crippen LogP contribution >= 0.6 is 7.82 Å². The minimum atomic E-state index is -4.28. The molecule has 0 aromatic heterocycles. The second-order valence-electron chi connectivity index (χ2n) is 16.7. The molecule has 0 aromatic rings. The molecule has 2 atom stereocenters. The summed E-state index contributed by atoms with van der Waals surface area (Å²) in [5.41, 5.74) is 5.38. The van der Waals surface area contributed by atoms with E-state index >= 15 is 0 Å². The molecule has 0 fully saturated rings. The third-order valence-corrected chi connectivity index (χ3v) is 11.8. The molecule has 9 heteroatoms. The van der Waals surface area contributed by atoms with Crippen LogP contribution in [0.25, 0.3) is 0 Å². The normalized spacial score (nSPS) is 13.6. The topological polar surface area (TPSA) is 117 Å². The van der Waals surface area contributed by atoms with E-state index in [1.807, 2.05) is 0 Å². The Labute approximate surface area is 365 Å². The molecule has 0 saturated carbocycles. The summed E-state index contributed by atoms with van der Waals surface area (Å²) in [4.78, 5) is 22.6. The zero-order valence-corrected chi connectivity index (χ0v) is 39.6. The van der Waals surface area contributed by atoms with Crippen molar-refractivity contribution in [2.75, 3.05) is 33.0 Å². The lowest BCUT2D eigenvalue weighted by Crippen LogP contribution is -2.28. The maximum Gasteiger partial charge on any atom is 0.472 e. The largest absolute Gasteiger partial charge is 0.472 e. The lowest BCUT2D eigenvalue weighted by Gasteiger charge is -2.20. The van der Waals surface area contributed by atoms with Gasteiger partial charge in [-0.3, -0.25) is 13.8 Å². The average Bonchev–Trinajstić information content (AvgIpc) is 3.23. The van der Waals surface area contributed by atoms with Crippen LogP contribution in [0.3, 0.4) is 0 Å². The first-order valence-corrected chi connectivity index (χ1v) is 26.5. The highest BCUT2D eigenvalue weighted by Crippen LogP contribution is 2.43. The molecule has 8 nitrogen and oxygen atoms in total. The van der Waals surface area contributed by atoms with E-state index in [0.29, 0.717) is 13.0 Å². The fourth-order valence-electron chi connectivity index (χ4n) is 7.12. The number of nitrogens with two attached hydrogens (primary N) is 1. The van der Waals surface area contributed by atoms with Crippen molar-refractivity contribution in [3.05, 3.63) is 36.5 Å². The molecule has 348 valence electrons. The van der Waals surface area contributed by atoms with Gasteiger partial charge in [-0.1, -0.05) is 217 Å². The first kappa shape index (κ1) is 57.7. The molecule has 0 aromatic carbocycles. The van der Waals surface area contributed by atoms with Crippen LogP contribution in [0, 0.1) is 0 Å². The molecular weight excluding hydrogens is 758 g/mol. The van der Waals surface area contributed by atoms with Crippen LogP contribution in [0.5, 0.6) is 0 Å². The van der Waals surface area contributed by atoms with E-state index in [2.05, 4.69) is 50.3 Å². The molecule has 2 unspecified atom stereocenters. The molecule has 3 N–H and O–H groups in total. The van der Waals surface area contributed by atoms with Crippen molar-refractivity contribution in [1.29, 1.82) is 0 Å². The molecule has 0 spiro atoms. The van der Waals surface area contributed by atoms with Crippen molar-refractivity contribution in [3.8, 4) is 0 Å². The maximum absolute atomic E-state index is 12.6. The van der Waals surface area contributed by atoms with Crippen molar-refractivity contribution in [2.45, 2.75) is 245 Å². The van der Waals surface area contributed by atoms with Crippen LogP contribution in [0.4, 0.5) is 0 Å². The predicted molar refractivity (Wildman–Crippen MR) is 252 cm³/mol. The van der Waals surface area contributed by atoms with Gasteiger partial charge in [0.2, 0.25) is 0 Å². The number of esters is 1. The predicted octanol–water partition coefficient (Wildman–Crippen LogP) is 15.4. The number of allylic oxidation sites excluding steroid dienone is 6. The Morgan fingerprint density at radius 1 is 0.508 bits per heavy atom. The van der Waals surface area contributed by atoms with Gasteiger partial charge in [0.15, 0.2) is 0 Å². The van der Waals surface area contributed by atoms with E-state index in [1.54, 1.807) is 0 Å². The number of hydrogen-bond donors (Lipinski definition) is 2. The smallest absolute Gasteiger partial charge is 0.457 e. The van der Waals surface area contributed by atoms with Gasteiger partial charge in [0.25, 0.3) is 0 Å². The second-order valence-corrected chi connectivity index (χ2v) is 18.1. The van der Waals surface area contributed by atoms with E-state index in [4.69, 9.17) is 24.3 Å². The molecule has 0 aliphatic carbocycles. The van der Waals surface area contributed by atoms with Crippen LogP contribution in [0.1, 0.15) is 239 Å². The van der Waals surface area contributed by atoms with Crippen molar-refractivity contribution in [2.24, 2.45) is 5.73 Å². The lowest BCUT2D eigenvalue weighted by molar-refractivity contribution is -0.154. The molecule has 0 aliphatic heterocycles. The van der Waals surface area contributed by atoms with Crippen LogP contribution in [-0.2, 0) is 27.9 Å². The van der Waals surface area contributed by atoms with Gasteiger partial charge in [0.1, 0.15) is 6.10 Å². The highest BCUT2D eigenvalue weighted by Gasteiger charge is 2.25. The van der Waals surface area contributed by atoms with Crippen LogP contribution in [0.15, 0.2) is 36.5 Å². The second kappa shape index (κ2) is 47.8. The Bertz CT molecular complexity index is 1000. The molecule has 0 aliphatic rings. The van der Waals surface area contributed by atoms with E-state index in [-0.39, 0.29) is 32.3 Å². The zero-order valence-electron chi connectivity index (χ0n) is 38.7. The van der Waals surface area contributed by atoms with Gasteiger partial charge < -0.3 is 20.1 Å². The van der Waals surface area contributed by atoms with Crippen molar-refractivity contribution < 1.29 is 32.8 Å². The number of unbranched alkanes of at least 4 members (excludes halogenated alkanes) is 29. The molecule has 0 rings (SSSR count). The van der Waals surface area contributed by atoms with Gasteiger partial charge >= 0.3 is 13.8 Å². The van der Waals surface area contributed by atoms with Crippen LogP contribution in [0.2, 0.25) is 0 Å². The number of carbonyl (C=O) groups is 1. The Balaban J connectivity index is 3.93. The SMILES string of the molecule is CCCCCCC/C=C\C/C=C\C/C=C\CCCCCCCCCCCCC(=O)OC(COCCCCCCCCCCCCCCCCC)COP(=O)(O)OCCN. The van der Waals surface area contributed by atoms with E-state index in [9.17, 15) is 14.3 Å². The minimum Gasteiger partial charge on any atom is -0.457 e. The first-order chi connectivity index (χ1) is 28.9. The number of phosphoric acid groups is 1. The molecule has 0 radical (unpaired) electrons. The Morgan fingerprint density at radius 2 is 0.898 bits per heavy atom. The molecule has 0 bridgehead atoms. The lowest BCUT2D eigenvalue weighted by atomic mass is 10.0. The van der Waals surface area contributed by atoms with Gasteiger partial charge in [0, 0.05) is 19.6 Å². The number of carbonyl (C=O) groups excluding carboxylic acids is 1. The summed E-state index contributed by atoms with van der Waals surface area (Å²) in [5.74, 6) is -0.331. The van der Waals surface area contributed by atoms with E-state index in [1.165, 1.54) is 173 Å². The summed E-state index contributed by atoms with van der Waals surface area (Å²) in [7, 11) is -4.28. The highest BCUT2D eigenvalue weighted by molar-refractivity contribution is 7.47. The van der Waals surface area contributed by atoms with Crippen molar-refractivity contribution in [3.63, 3.8) is 0 Å². The maximum atomic E-state index is 12.6. The molecule has 0 saturated heterocycles. The van der Waals surface area contributed by atoms with E-state index < -0.39 is 13.9 Å². The summed E-state index contributed by atoms with van der Waals surface area (Å²) < 4.78 is 33.5. The van der Waals surface area contributed by atoms with Gasteiger partial charge in [-0.2, -0.15) is 0 Å². The van der Waals surface area contributed by atoms with Crippen molar-refractivity contribution in [1.82, 2.24) is 0 Å². The molecule has 0 heterocycles. The van der Waals surface area contributed by atoms with E-state index in [0.717, 1.165) is 44.9 Å². The fourth-order valence-corrected chi connectivity index (χ4v) is 7.89. The third-order valence-electron chi connectivity index (χ3n) is 10.8. The molecule has 59 heavy (non-hydrogen) atoms. The van der Waals surface area contributed by atoms with Gasteiger partial charge in [-0.15, -0.1) is 0 Å². The summed E-state index contributed by atoms with van der Waals surface area (Å²) in [6, 6.07) is 0. The molecular formula is C50H96NO7P. The quantitative estimate of drug-likeness (QED) is 0.0269. The zero-order chi connectivity index (χ0) is 43.0.